The van der Waals surface area contributed by atoms with Gasteiger partial charge in [0.1, 0.15) is 0 Å². The molecule has 1 unspecified atom stereocenters. The Hall–Kier alpha value is -1.81. The van der Waals surface area contributed by atoms with Gasteiger partial charge in [0.25, 0.3) is 0 Å². The Morgan fingerprint density at radius 2 is 2.22 bits per heavy atom. The minimum Gasteiger partial charge on any atom is -0.354 e. The molecule has 0 aliphatic carbocycles. The molecule has 1 aromatic carbocycles. The van der Waals surface area contributed by atoms with Gasteiger partial charge in [-0.3, -0.25) is 4.57 Å². The SMILES string of the molecule is c1ccc(-n2ccnc2NCC2CCCN2)cc1. The van der Waals surface area contributed by atoms with Gasteiger partial charge in [-0.1, -0.05) is 18.2 Å². The average Bonchev–Trinajstić information content (AvgIpc) is 3.09. The zero-order valence-corrected chi connectivity index (χ0v) is 10.3. The van der Waals surface area contributed by atoms with E-state index in [1.165, 1.54) is 12.8 Å². The summed E-state index contributed by atoms with van der Waals surface area (Å²) in [5.74, 6) is 0.912. The van der Waals surface area contributed by atoms with Gasteiger partial charge in [0, 0.05) is 30.7 Å². The number of rotatable bonds is 4. The van der Waals surface area contributed by atoms with E-state index < -0.39 is 0 Å². The van der Waals surface area contributed by atoms with Gasteiger partial charge in [0.05, 0.1) is 0 Å². The fourth-order valence-corrected chi connectivity index (χ4v) is 2.38. The van der Waals surface area contributed by atoms with E-state index in [0.717, 1.165) is 24.7 Å². The van der Waals surface area contributed by atoms with Crippen LogP contribution in [-0.2, 0) is 0 Å². The van der Waals surface area contributed by atoms with Crippen LogP contribution in [0.5, 0.6) is 0 Å². The lowest BCUT2D eigenvalue weighted by atomic mass is 10.2. The molecule has 0 amide bonds. The lowest BCUT2D eigenvalue weighted by Gasteiger charge is -2.13. The predicted octanol–water partition coefficient (Wildman–Crippen LogP) is 2.04. The van der Waals surface area contributed by atoms with Crippen LogP contribution < -0.4 is 10.6 Å². The summed E-state index contributed by atoms with van der Waals surface area (Å²) >= 11 is 0. The Bertz CT molecular complexity index is 486. The van der Waals surface area contributed by atoms with Crippen molar-refractivity contribution >= 4 is 5.95 Å². The van der Waals surface area contributed by atoms with Crippen molar-refractivity contribution in [1.82, 2.24) is 14.9 Å². The molecule has 1 aromatic heterocycles. The highest BCUT2D eigenvalue weighted by Gasteiger charge is 2.14. The maximum atomic E-state index is 4.38. The average molecular weight is 242 g/mol. The summed E-state index contributed by atoms with van der Waals surface area (Å²) in [5.41, 5.74) is 1.14. The Balaban J connectivity index is 1.71. The summed E-state index contributed by atoms with van der Waals surface area (Å²) in [6.07, 6.45) is 6.34. The highest BCUT2D eigenvalue weighted by Crippen LogP contribution is 2.14. The number of aromatic nitrogens is 2. The van der Waals surface area contributed by atoms with E-state index >= 15 is 0 Å². The van der Waals surface area contributed by atoms with Crippen molar-refractivity contribution in [3.63, 3.8) is 0 Å². The molecule has 0 saturated carbocycles. The smallest absolute Gasteiger partial charge is 0.207 e. The quantitative estimate of drug-likeness (QED) is 0.862. The van der Waals surface area contributed by atoms with E-state index in [-0.39, 0.29) is 0 Å². The molecule has 1 fully saturated rings. The third-order valence-corrected chi connectivity index (χ3v) is 3.34. The number of imidazole rings is 1. The molecule has 0 bridgehead atoms. The molecule has 1 atom stereocenters. The molecule has 3 rings (SSSR count). The summed E-state index contributed by atoms with van der Waals surface area (Å²) < 4.78 is 2.08. The maximum absolute atomic E-state index is 4.38. The Morgan fingerprint density at radius 1 is 1.33 bits per heavy atom. The number of nitrogens with zero attached hydrogens (tertiary/aromatic N) is 2. The minimum atomic E-state index is 0.575. The number of para-hydroxylation sites is 1. The second-order valence-electron chi connectivity index (χ2n) is 4.63. The molecular weight excluding hydrogens is 224 g/mol. The van der Waals surface area contributed by atoms with Crippen LogP contribution in [0.4, 0.5) is 5.95 Å². The Morgan fingerprint density at radius 3 is 3.00 bits per heavy atom. The fraction of sp³-hybridized carbons (Fsp3) is 0.357. The van der Waals surface area contributed by atoms with Crippen LogP contribution in [0.25, 0.3) is 5.69 Å². The maximum Gasteiger partial charge on any atom is 0.207 e. The highest BCUT2D eigenvalue weighted by atomic mass is 15.2. The largest absolute Gasteiger partial charge is 0.354 e. The number of anilines is 1. The van der Waals surface area contributed by atoms with E-state index in [1.807, 2.05) is 30.6 Å². The first kappa shape index (κ1) is 11.3. The molecule has 0 spiro atoms. The van der Waals surface area contributed by atoms with E-state index in [0.29, 0.717) is 6.04 Å². The van der Waals surface area contributed by atoms with Gasteiger partial charge in [0.15, 0.2) is 0 Å². The number of hydrogen-bond acceptors (Lipinski definition) is 3. The van der Waals surface area contributed by atoms with Crippen LogP contribution in [-0.4, -0.2) is 28.7 Å². The summed E-state index contributed by atoms with van der Waals surface area (Å²) in [6.45, 7) is 2.07. The monoisotopic (exact) mass is 242 g/mol. The zero-order chi connectivity index (χ0) is 12.2. The summed E-state index contributed by atoms with van der Waals surface area (Å²) in [4.78, 5) is 4.38. The standard InChI is InChI=1S/C14H18N4/c1-2-6-13(7-3-1)18-10-9-16-14(18)17-11-12-5-4-8-15-12/h1-3,6-7,9-10,12,15H,4-5,8,11H2,(H,16,17). The van der Waals surface area contributed by atoms with Gasteiger partial charge in [-0.25, -0.2) is 4.98 Å². The first-order valence-electron chi connectivity index (χ1n) is 6.49. The van der Waals surface area contributed by atoms with Crippen LogP contribution in [0.2, 0.25) is 0 Å². The molecule has 0 radical (unpaired) electrons. The molecule has 1 aliphatic heterocycles. The van der Waals surface area contributed by atoms with Crippen molar-refractivity contribution < 1.29 is 0 Å². The van der Waals surface area contributed by atoms with Gasteiger partial charge < -0.3 is 10.6 Å². The highest BCUT2D eigenvalue weighted by molar-refractivity contribution is 5.41. The first-order chi connectivity index (χ1) is 8.93. The Kier molecular flexibility index (Phi) is 3.28. The Labute approximate surface area is 107 Å². The molecule has 94 valence electrons. The van der Waals surface area contributed by atoms with Gasteiger partial charge in [-0.2, -0.15) is 0 Å². The van der Waals surface area contributed by atoms with Crippen LogP contribution in [0, 0.1) is 0 Å². The second kappa shape index (κ2) is 5.23. The number of hydrogen-bond donors (Lipinski definition) is 2. The van der Waals surface area contributed by atoms with Crippen molar-refractivity contribution in [2.45, 2.75) is 18.9 Å². The molecule has 1 aliphatic rings. The number of nitrogens with one attached hydrogen (secondary N) is 2. The van der Waals surface area contributed by atoms with Crippen molar-refractivity contribution in [2.24, 2.45) is 0 Å². The van der Waals surface area contributed by atoms with Gasteiger partial charge in [-0.05, 0) is 31.5 Å². The first-order valence-corrected chi connectivity index (χ1v) is 6.49. The molecular formula is C14H18N4. The predicted molar refractivity (Wildman–Crippen MR) is 73.1 cm³/mol. The third-order valence-electron chi connectivity index (χ3n) is 3.34. The van der Waals surface area contributed by atoms with Gasteiger partial charge in [0.2, 0.25) is 5.95 Å². The van der Waals surface area contributed by atoms with Crippen molar-refractivity contribution in [1.29, 1.82) is 0 Å². The topological polar surface area (TPSA) is 41.9 Å². The second-order valence-corrected chi connectivity index (χ2v) is 4.63. The van der Waals surface area contributed by atoms with Crippen LogP contribution in [0.1, 0.15) is 12.8 Å². The normalized spacial score (nSPS) is 19.0. The molecule has 4 heteroatoms. The summed E-state index contributed by atoms with van der Waals surface area (Å²) in [7, 11) is 0. The molecule has 2 heterocycles. The number of benzene rings is 1. The van der Waals surface area contributed by atoms with Crippen molar-refractivity contribution in [3.05, 3.63) is 42.7 Å². The zero-order valence-electron chi connectivity index (χ0n) is 10.3. The van der Waals surface area contributed by atoms with E-state index in [4.69, 9.17) is 0 Å². The summed E-state index contributed by atoms with van der Waals surface area (Å²) in [5, 5.41) is 6.90. The molecule has 2 N–H and O–H groups in total. The molecule has 18 heavy (non-hydrogen) atoms. The van der Waals surface area contributed by atoms with E-state index in [2.05, 4.69) is 32.3 Å². The fourth-order valence-electron chi connectivity index (χ4n) is 2.38. The molecule has 4 nitrogen and oxygen atoms in total. The van der Waals surface area contributed by atoms with Crippen molar-refractivity contribution in [2.75, 3.05) is 18.4 Å². The van der Waals surface area contributed by atoms with Gasteiger partial charge in [-0.15, -0.1) is 0 Å². The third kappa shape index (κ3) is 2.38. The lowest BCUT2D eigenvalue weighted by Crippen LogP contribution is -2.30. The molecule has 1 saturated heterocycles. The summed E-state index contributed by atoms with van der Waals surface area (Å²) in [6, 6.07) is 10.8. The van der Waals surface area contributed by atoms with Crippen LogP contribution >= 0.6 is 0 Å². The van der Waals surface area contributed by atoms with E-state index in [9.17, 15) is 0 Å². The molecule has 2 aromatic rings. The van der Waals surface area contributed by atoms with Crippen LogP contribution in [0.15, 0.2) is 42.7 Å². The minimum absolute atomic E-state index is 0.575. The van der Waals surface area contributed by atoms with Gasteiger partial charge >= 0.3 is 0 Å². The van der Waals surface area contributed by atoms with E-state index in [1.54, 1.807) is 0 Å². The lowest BCUT2D eigenvalue weighted by molar-refractivity contribution is 0.630. The van der Waals surface area contributed by atoms with Crippen molar-refractivity contribution in [3.8, 4) is 5.69 Å². The van der Waals surface area contributed by atoms with Crippen LogP contribution in [0.3, 0.4) is 0 Å².